The number of hydrogen-bond donors (Lipinski definition) is 0. The van der Waals surface area contributed by atoms with Gasteiger partial charge in [-0.2, -0.15) is 9.78 Å². The van der Waals surface area contributed by atoms with Gasteiger partial charge in [-0.05, 0) is 42.4 Å². The van der Waals surface area contributed by atoms with Crippen LogP contribution in [-0.4, -0.2) is 50.6 Å². The molecule has 1 aliphatic carbocycles. The average Bonchev–Trinajstić information content (AvgIpc) is 3.34. The normalized spacial score (nSPS) is 23.7. The van der Waals surface area contributed by atoms with Gasteiger partial charge in [0.05, 0.1) is 17.4 Å². The molecule has 1 aromatic carbocycles. The smallest absolute Gasteiger partial charge is 0.336 e. The Balaban J connectivity index is 1.39. The first-order valence-corrected chi connectivity index (χ1v) is 10.2. The zero-order valence-corrected chi connectivity index (χ0v) is 17.1. The molecule has 1 saturated carbocycles. The van der Waals surface area contributed by atoms with Crippen LogP contribution in [0.15, 0.2) is 36.7 Å². The van der Waals surface area contributed by atoms with Gasteiger partial charge in [0, 0.05) is 37.6 Å². The molecule has 1 saturated heterocycles. The van der Waals surface area contributed by atoms with Crippen molar-refractivity contribution in [3.8, 4) is 0 Å². The average molecular weight is 421 g/mol. The summed E-state index contributed by atoms with van der Waals surface area (Å²) in [6.45, 7) is 3.61. The third-order valence-electron chi connectivity index (χ3n) is 5.86. The minimum absolute atomic E-state index is 0.0824. The van der Waals surface area contributed by atoms with Crippen LogP contribution in [0.25, 0.3) is 0 Å². The van der Waals surface area contributed by atoms with Crippen molar-refractivity contribution >= 4 is 35.1 Å². The summed E-state index contributed by atoms with van der Waals surface area (Å²) in [4.78, 5) is 28.7. The molecule has 8 heteroatoms. The number of hydrogen-bond acceptors (Lipinski definition) is 3. The van der Waals surface area contributed by atoms with Gasteiger partial charge < -0.3 is 9.80 Å². The lowest BCUT2D eigenvalue weighted by Crippen LogP contribution is -2.39. The zero-order chi connectivity index (χ0) is 19.8. The van der Waals surface area contributed by atoms with Gasteiger partial charge in [-0.25, -0.2) is 4.79 Å². The second-order valence-corrected chi connectivity index (χ2v) is 8.58. The van der Waals surface area contributed by atoms with Crippen molar-refractivity contribution in [2.75, 3.05) is 13.1 Å². The Morgan fingerprint density at radius 3 is 2.29 bits per heavy atom. The Hall–Kier alpha value is -2.05. The first-order chi connectivity index (χ1) is 13.4. The second-order valence-electron chi connectivity index (χ2n) is 7.71. The number of nitrogens with zero attached hydrogens (tertiary/aromatic N) is 4. The van der Waals surface area contributed by atoms with E-state index in [9.17, 15) is 9.59 Å². The SMILES string of the molecule is CC(=O)N(Cc1ccc(Cl)cc1)[C@H]1C[C@@H]2CN(C(=O)n3cc(Cl)cn3)C[C@@H]2C1. The van der Waals surface area contributed by atoms with E-state index in [4.69, 9.17) is 23.2 Å². The molecular formula is C20H22Cl2N4O2. The first kappa shape index (κ1) is 19.3. The molecule has 2 aromatic rings. The molecule has 0 N–H and O–H groups in total. The molecule has 6 nitrogen and oxygen atoms in total. The van der Waals surface area contributed by atoms with Crippen LogP contribution in [0.5, 0.6) is 0 Å². The van der Waals surface area contributed by atoms with E-state index < -0.39 is 0 Å². The lowest BCUT2D eigenvalue weighted by atomic mass is 10.0. The van der Waals surface area contributed by atoms with E-state index in [-0.39, 0.29) is 18.0 Å². The van der Waals surface area contributed by atoms with E-state index in [1.807, 2.05) is 34.1 Å². The molecule has 2 heterocycles. The van der Waals surface area contributed by atoms with Crippen LogP contribution < -0.4 is 0 Å². The largest absolute Gasteiger partial charge is 0.344 e. The summed E-state index contributed by atoms with van der Waals surface area (Å²) in [7, 11) is 0. The van der Waals surface area contributed by atoms with Gasteiger partial charge in [-0.3, -0.25) is 4.79 Å². The Morgan fingerprint density at radius 2 is 1.75 bits per heavy atom. The summed E-state index contributed by atoms with van der Waals surface area (Å²) in [6.07, 6.45) is 4.83. The highest BCUT2D eigenvalue weighted by molar-refractivity contribution is 6.30. The standard InChI is InChI=1S/C20H22Cl2N4O2/c1-13(27)25(9-14-2-4-17(21)5-3-14)19-6-15-10-24(11-16(15)7-19)20(28)26-12-18(22)8-23-26/h2-5,8,12,15-16,19H,6-7,9-11H2,1H3/t15-,16+,19+. The maximum Gasteiger partial charge on any atom is 0.344 e. The van der Waals surface area contributed by atoms with Gasteiger partial charge in [-0.15, -0.1) is 0 Å². The highest BCUT2D eigenvalue weighted by Gasteiger charge is 2.44. The molecular weight excluding hydrogens is 399 g/mol. The highest BCUT2D eigenvalue weighted by Crippen LogP contribution is 2.41. The molecule has 4 rings (SSSR count). The maximum absolute atomic E-state index is 12.6. The van der Waals surface area contributed by atoms with Gasteiger partial charge in [0.15, 0.2) is 0 Å². The molecule has 1 aromatic heterocycles. The number of halogens is 2. The van der Waals surface area contributed by atoms with Crippen molar-refractivity contribution in [2.24, 2.45) is 11.8 Å². The van der Waals surface area contributed by atoms with E-state index in [0.29, 0.717) is 41.5 Å². The number of benzene rings is 1. The molecule has 0 spiro atoms. The number of carbonyl (C=O) groups is 2. The van der Waals surface area contributed by atoms with Crippen molar-refractivity contribution < 1.29 is 9.59 Å². The minimum Gasteiger partial charge on any atom is -0.336 e. The molecule has 0 bridgehead atoms. The predicted octanol–water partition coefficient (Wildman–Crippen LogP) is 3.92. The first-order valence-electron chi connectivity index (χ1n) is 9.42. The summed E-state index contributed by atoms with van der Waals surface area (Å²) in [6, 6.07) is 7.70. The van der Waals surface area contributed by atoms with Crippen molar-refractivity contribution in [3.63, 3.8) is 0 Å². The monoisotopic (exact) mass is 420 g/mol. The van der Waals surface area contributed by atoms with Gasteiger partial charge >= 0.3 is 6.03 Å². The van der Waals surface area contributed by atoms with Crippen LogP contribution in [-0.2, 0) is 11.3 Å². The Kier molecular flexibility index (Phi) is 5.34. The topological polar surface area (TPSA) is 58.4 Å². The lowest BCUT2D eigenvalue weighted by molar-refractivity contribution is -0.131. The molecule has 3 atom stereocenters. The van der Waals surface area contributed by atoms with Crippen molar-refractivity contribution in [3.05, 3.63) is 52.3 Å². The van der Waals surface area contributed by atoms with Gasteiger partial charge in [-0.1, -0.05) is 35.3 Å². The number of fused-ring (bicyclic) bond motifs is 1. The van der Waals surface area contributed by atoms with Crippen molar-refractivity contribution in [1.82, 2.24) is 19.6 Å². The zero-order valence-electron chi connectivity index (χ0n) is 15.6. The van der Waals surface area contributed by atoms with Gasteiger partial charge in [0.25, 0.3) is 0 Å². The van der Waals surface area contributed by atoms with E-state index >= 15 is 0 Å². The predicted molar refractivity (Wildman–Crippen MR) is 107 cm³/mol. The molecule has 0 unspecified atom stereocenters. The summed E-state index contributed by atoms with van der Waals surface area (Å²) in [5.74, 6) is 0.901. The van der Waals surface area contributed by atoms with Crippen molar-refractivity contribution in [2.45, 2.75) is 32.4 Å². The van der Waals surface area contributed by atoms with Crippen LogP contribution in [0.3, 0.4) is 0 Å². The number of likely N-dealkylation sites (tertiary alicyclic amines) is 1. The van der Waals surface area contributed by atoms with Crippen LogP contribution in [0.1, 0.15) is 25.3 Å². The molecule has 28 heavy (non-hydrogen) atoms. The quantitative estimate of drug-likeness (QED) is 0.755. The fraction of sp³-hybridized carbons (Fsp3) is 0.450. The Labute approximate surface area is 174 Å². The van der Waals surface area contributed by atoms with Gasteiger partial charge in [0.1, 0.15) is 0 Å². The van der Waals surface area contributed by atoms with Crippen LogP contribution in [0.2, 0.25) is 10.0 Å². The summed E-state index contributed by atoms with van der Waals surface area (Å²) in [5, 5.41) is 5.15. The third kappa shape index (κ3) is 3.89. The third-order valence-corrected chi connectivity index (χ3v) is 6.30. The second kappa shape index (κ2) is 7.76. The molecule has 2 amide bonds. The fourth-order valence-corrected chi connectivity index (χ4v) is 4.78. The molecule has 1 aliphatic heterocycles. The summed E-state index contributed by atoms with van der Waals surface area (Å²) in [5.41, 5.74) is 1.07. The number of rotatable bonds is 3. The van der Waals surface area contributed by atoms with E-state index in [1.165, 1.54) is 17.1 Å². The molecule has 2 aliphatic rings. The van der Waals surface area contributed by atoms with E-state index in [2.05, 4.69) is 5.10 Å². The molecule has 0 radical (unpaired) electrons. The summed E-state index contributed by atoms with van der Waals surface area (Å²) < 4.78 is 1.29. The lowest BCUT2D eigenvalue weighted by Gasteiger charge is -2.29. The van der Waals surface area contributed by atoms with E-state index in [1.54, 1.807) is 6.92 Å². The number of aromatic nitrogens is 2. The molecule has 148 valence electrons. The van der Waals surface area contributed by atoms with Crippen LogP contribution >= 0.6 is 23.2 Å². The Morgan fingerprint density at radius 1 is 1.11 bits per heavy atom. The molecule has 2 fully saturated rings. The Bertz CT molecular complexity index is 869. The maximum atomic E-state index is 12.6. The minimum atomic E-state index is -0.137. The van der Waals surface area contributed by atoms with E-state index in [0.717, 1.165) is 18.4 Å². The van der Waals surface area contributed by atoms with Crippen LogP contribution in [0, 0.1) is 11.8 Å². The van der Waals surface area contributed by atoms with Gasteiger partial charge in [0.2, 0.25) is 5.91 Å². The number of amides is 2. The summed E-state index contributed by atoms with van der Waals surface area (Å²) >= 11 is 11.8. The van der Waals surface area contributed by atoms with Crippen molar-refractivity contribution in [1.29, 1.82) is 0 Å². The fourth-order valence-electron chi connectivity index (χ4n) is 4.51. The highest BCUT2D eigenvalue weighted by atomic mass is 35.5. The number of carbonyl (C=O) groups excluding carboxylic acids is 2. The van der Waals surface area contributed by atoms with Crippen LogP contribution in [0.4, 0.5) is 4.79 Å².